The zero-order chi connectivity index (χ0) is 17.0. The van der Waals surface area contributed by atoms with Gasteiger partial charge in [-0.2, -0.15) is 0 Å². The topological polar surface area (TPSA) is 77.5 Å². The summed E-state index contributed by atoms with van der Waals surface area (Å²) in [5, 5.41) is 2.50. The third kappa shape index (κ3) is 4.79. The lowest BCUT2D eigenvalue weighted by atomic mass is 9.90. The first-order valence-corrected chi connectivity index (χ1v) is 8.40. The normalized spacial score (nSPS) is 18.1. The zero-order valence-electron chi connectivity index (χ0n) is 13.8. The Kier molecular flexibility index (Phi) is 5.41. The fraction of sp³-hybridized carbons (Fsp3) is 0.562. The number of allylic oxidation sites excluding steroid dienone is 1. The van der Waals surface area contributed by atoms with E-state index in [4.69, 9.17) is 9.47 Å². The lowest BCUT2D eigenvalue weighted by Crippen LogP contribution is -2.34. The Labute approximate surface area is 139 Å². The predicted octanol–water partition coefficient (Wildman–Crippen LogP) is 3.14. The molecule has 1 aromatic rings. The number of nitrogens with zero attached hydrogens (tertiary/aromatic N) is 1. The molecule has 2 rings (SSSR count). The lowest BCUT2D eigenvalue weighted by molar-refractivity contribution is -0.136. The summed E-state index contributed by atoms with van der Waals surface area (Å²) in [7, 11) is 1.28. The molecule has 1 unspecified atom stereocenters. The van der Waals surface area contributed by atoms with Crippen molar-refractivity contribution in [2.45, 2.75) is 51.6 Å². The summed E-state index contributed by atoms with van der Waals surface area (Å²) in [6, 6.07) is 0. The van der Waals surface area contributed by atoms with Crippen LogP contribution in [0, 0.1) is 0 Å². The van der Waals surface area contributed by atoms with Crippen molar-refractivity contribution in [1.29, 1.82) is 0 Å². The first-order valence-electron chi connectivity index (χ1n) is 7.52. The molecular formula is C16H22N2O4S. The maximum atomic E-state index is 12.0. The molecule has 126 valence electrons. The number of thiazole rings is 1. The van der Waals surface area contributed by atoms with Crippen LogP contribution < -0.4 is 5.32 Å². The molecule has 0 saturated heterocycles. The monoisotopic (exact) mass is 338 g/mol. The average molecular weight is 338 g/mol. The number of amides is 1. The van der Waals surface area contributed by atoms with Crippen LogP contribution in [0.5, 0.6) is 0 Å². The van der Waals surface area contributed by atoms with Crippen molar-refractivity contribution in [2.75, 3.05) is 7.11 Å². The number of carbonyl (C=O) groups excluding carboxylic acids is 2. The van der Waals surface area contributed by atoms with Gasteiger partial charge in [-0.15, -0.1) is 11.3 Å². The van der Waals surface area contributed by atoms with Crippen molar-refractivity contribution >= 4 is 23.4 Å². The quantitative estimate of drug-likeness (QED) is 0.677. The predicted molar refractivity (Wildman–Crippen MR) is 87.3 cm³/mol. The molecule has 23 heavy (non-hydrogen) atoms. The molecule has 0 spiro atoms. The van der Waals surface area contributed by atoms with Crippen molar-refractivity contribution in [3.63, 3.8) is 0 Å². The van der Waals surface area contributed by atoms with E-state index < -0.39 is 17.7 Å². The highest BCUT2D eigenvalue weighted by Gasteiger charge is 2.25. The van der Waals surface area contributed by atoms with Crippen LogP contribution in [0.3, 0.4) is 0 Å². The maximum absolute atomic E-state index is 12.0. The van der Waals surface area contributed by atoms with Gasteiger partial charge < -0.3 is 9.47 Å². The first kappa shape index (κ1) is 17.5. The number of nitrogens with one attached hydrogen (secondary N) is 1. The van der Waals surface area contributed by atoms with Crippen LogP contribution in [0.1, 0.15) is 50.1 Å². The van der Waals surface area contributed by atoms with E-state index in [-0.39, 0.29) is 11.6 Å². The molecule has 0 aliphatic heterocycles. The van der Waals surface area contributed by atoms with Crippen molar-refractivity contribution in [3.8, 4) is 0 Å². The molecule has 0 saturated carbocycles. The Morgan fingerprint density at radius 1 is 1.43 bits per heavy atom. The van der Waals surface area contributed by atoms with E-state index in [0.29, 0.717) is 0 Å². The summed E-state index contributed by atoms with van der Waals surface area (Å²) in [5.41, 5.74) is 2.25. The molecule has 6 nitrogen and oxygen atoms in total. The van der Waals surface area contributed by atoms with Crippen LogP contribution >= 0.6 is 11.3 Å². The Bertz CT molecular complexity index is 616. The molecule has 7 heteroatoms. The second-order valence-electron chi connectivity index (χ2n) is 6.36. The molecule has 1 N–H and O–H groups in total. The van der Waals surface area contributed by atoms with Crippen LogP contribution in [0.4, 0.5) is 4.79 Å². The van der Waals surface area contributed by atoms with Gasteiger partial charge in [0, 0.05) is 10.8 Å². The minimum absolute atomic E-state index is 0.00552. The molecule has 0 radical (unpaired) electrons. The summed E-state index contributed by atoms with van der Waals surface area (Å²) in [6.45, 7) is 5.28. The van der Waals surface area contributed by atoms with E-state index >= 15 is 0 Å². The van der Waals surface area contributed by atoms with Crippen LogP contribution in [0.25, 0.3) is 0 Å². The van der Waals surface area contributed by atoms with E-state index in [1.807, 2.05) is 5.51 Å². The Morgan fingerprint density at radius 2 is 2.17 bits per heavy atom. The summed E-state index contributed by atoms with van der Waals surface area (Å²) in [6.07, 6.45) is 3.96. The smallest absolute Gasteiger partial charge is 0.412 e. The van der Waals surface area contributed by atoms with E-state index in [0.717, 1.165) is 25.0 Å². The minimum atomic E-state index is -0.677. The van der Waals surface area contributed by atoms with Gasteiger partial charge in [0.15, 0.2) is 0 Å². The summed E-state index contributed by atoms with van der Waals surface area (Å²) >= 11 is 1.62. The highest BCUT2D eigenvalue weighted by molar-refractivity contribution is 7.09. The van der Waals surface area contributed by atoms with Gasteiger partial charge in [0.1, 0.15) is 11.3 Å². The highest BCUT2D eigenvalue weighted by atomic mass is 32.1. The van der Waals surface area contributed by atoms with Crippen molar-refractivity contribution < 1.29 is 19.1 Å². The number of hydrogen-bond donors (Lipinski definition) is 1. The molecule has 1 aliphatic carbocycles. The van der Waals surface area contributed by atoms with E-state index in [9.17, 15) is 9.59 Å². The van der Waals surface area contributed by atoms with Crippen LogP contribution in [0.15, 0.2) is 17.3 Å². The maximum Gasteiger partial charge on any atom is 0.412 e. The Hall–Kier alpha value is -1.89. The summed E-state index contributed by atoms with van der Waals surface area (Å²) in [4.78, 5) is 29.5. The van der Waals surface area contributed by atoms with E-state index in [1.54, 1.807) is 38.2 Å². The van der Waals surface area contributed by atoms with Gasteiger partial charge >= 0.3 is 12.1 Å². The van der Waals surface area contributed by atoms with Crippen molar-refractivity contribution in [2.24, 2.45) is 0 Å². The second kappa shape index (κ2) is 7.12. The summed E-state index contributed by atoms with van der Waals surface area (Å²) < 4.78 is 9.95. The highest BCUT2D eigenvalue weighted by Crippen LogP contribution is 2.34. The number of ether oxygens (including phenoxy) is 2. The Morgan fingerprint density at radius 3 is 2.83 bits per heavy atom. The average Bonchev–Trinajstić information content (AvgIpc) is 2.93. The van der Waals surface area contributed by atoms with Crippen LogP contribution in [-0.2, 0) is 20.7 Å². The zero-order valence-corrected chi connectivity index (χ0v) is 14.7. The molecule has 1 amide bonds. The van der Waals surface area contributed by atoms with Crippen molar-refractivity contribution in [3.05, 3.63) is 27.9 Å². The number of aromatic nitrogens is 1. The third-order valence-corrected chi connectivity index (χ3v) is 4.26. The van der Waals surface area contributed by atoms with Gasteiger partial charge in [-0.25, -0.2) is 14.6 Å². The number of methoxy groups -OCH3 is 1. The van der Waals surface area contributed by atoms with E-state index in [1.165, 1.54) is 12.0 Å². The van der Waals surface area contributed by atoms with Crippen LogP contribution in [-0.4, -0.2) is 29.8 Å². The largest absolute Gasteiger partial charge is 0.464 e. The number of rotatable bonds is 3. The Balaban J connectivity index is 2.19. The molecule has 1 aliphatic rings. The number of esters is 1. The molecule has 1 heterocycles. The summed E-state index contributed by atoms with van der Waals surface area (Å²) in [5.74, 6) is -0.604. The van der Waals surface area contributed by atoms with Gasteiger partial charge in [0.25, 0.3) is 0 Å². The third-order valence-electron chi connectivity index (χ3n) is 3.35. The number of carbonyl (C=O) groups is 2. The van der Waals surface area contributed by atoms with Crippen LogP contribution in [0.2, 0.25) is 0 Å². The SMILES string of the molecule is COC(=O)C(=CC1CCCc2scnc21)NC(=O)OC(C)(C)C. The molecule has 0 bridgehead atoms. The van der Waals surface area contributed by atoms with Crippen molar-refractivity contribution in [1.82, 2.24) is 10.3 Å². The van der Waals surface area contributed by atoms with Gasteiger partial charge in [-0.05, 0) is 46.1 Å². The van der Waals surface area contributed by atoms with E-state index in [2.05, 4.69) is 10.3 Å². The van der Waals surface area contributed by atoms with Gasteiger partial charge in [-0.1, -0.05) is 0 Å². The van der Waals surface area contributed by atoms with Gasteiger partial charge in [-0.3, -0.25) is 5.32 Å². The number of aryl methyl sites for hydroxylation is 1. The number of hydrogen-bond acceptors (Lipinski definition) is 6. The lowest BCUT2D eigenvalue weighted by Gasteiger charge is -2.21. The molecular weight excluding hydrogens is 316 g/mol. The molecule has 0 aromatic carbocycles. The fourth-order valence-corrected chi connectivity index (χ4v) is 3.32. The fourth-order valence-electron chi connectivity index (χ4n) is 2.44. The molecule has 1 atom stereocenters. The van der Waals surface area contributed by atoms with Gasteiger partial charge in [0.05, 0.1) is 18.3 Å². The number of fused-ring (bicyclic) bond motifs is 1. The molecule has 1 aromatic heterocycles. The van der Waals surface area contributed by atoms with Gasteiger partial charge in [0.2, 0.25) is 0 Å². The first-order chi connectivity index (χ1) is 10.8. The minimum Gasteiger partial charge on any atom is -0.464 e. The number of alkyl carbamates (subject to hydrolysis) is 1. The second-order valence-corrected chi connectivity index (χ2v) is 7.30. The molecule has 0 fully saturated rings. The standard InChI is InChI=1S/C16H22N2O4S/c1-16(2,3)22-15(20)18-11(14(19)21-4)8-10-6-5-7-12-13(10)17-9-23-12/h8-10H,5-7H2,1-4H3,(H,18,20).